The van der Waals surface area contributed by atoms with Crippen LogP contribution in [0.1, 0.15) is 12.8 Å². The van der Waals surface area contributed by atoms with Crippen LogP contribution in [0.3, 0.4) is 0 Å². The summed E-state index contributed by atoms with van der Waals surface area (Å²) < 4.78 is 14.6. The standard InChI is InChI=1S/C16H13BrClFN4O3/c17-10-8(18)5-7-12-9(6-20-13(7)11(10)19)21-14(24)16(22-12)1-3-23(4-2-16)15(25)26/h5-6,22H,1-4H2,(H,21,24)(H,25,26). The number of hydrogen-bond acceptors (Lipinski definition) is 4. The normalized spacial score (nSPS) is 18.4. The molecule has 0 saturated carbocycles. The zero-order valence-electron chi connectivity index (χ0n) is 13.3. The zero-order valence-corrected chi connectivity index (χ0v) is 15.6. The molecular weight excluding hydrogens is 431 g/mol. The number of piperidine rings is 1. The molecule has 0 unspecified atom stereocenters. The first-order valence-electron chi connectivity index (χ1n) is 7.86. The van der Waals surface area contributed by atoms with Gasteiger partial charge in [-0.2, -0.15) is 0 Å². The molecule has 2 aliphatic rings. The molecule has 0 aliphatic carbocycles. The van der Waals surface area contributed by atoms with E-state index in [1.54, 1.807) is 6.07 Å². The van der Waals surface area contributed by atoms with Crippen LogP contribution in [0.5, 0.6) is 0 Å². The third kappa shape index (κ3) is 2.49. The predicted octanol–water partition coefficient (Wildman–Crippen LogP) is 3.67. The Kier molecular flexibility index (Phi) is 3.96. The molecule has 0 bridgehead atoms. The summed E-state index contributed by atoms with van der Waals surface area (Å²) in [6.07, 6.45) is 0.998. The van der Waals surface area contributed by atoms with Crippen molar-refractivity contribution in [2.45, 2.75) is 18.4 Å². The van der Waals surface area contributed by atoms with Gasteiger partial charge in [0.2, 0.25) is 5.91 Å². The van der Waals surface area contributed by atoms with E-state index in [-0.39, 0.29) is 34.0 Å². The summed E-state index contributed by atoms with van der Waals surface area (Å²) in [7, 11) is 0. The maximum Gasteiger partial charge on any atom is 0.407 e. The lowest BCUT2D eigenvalue weighted by atomic mass is 9.84. The number of carbonyl (C=O) groups excluding carboxylic acids is 1. The lowest BCUT2D eigenvalue weighted by molar-refractivity contribution is -0.122. The highest BCUT2D eigenvalue weighted by Gasteiger charge is 2.45. The zero-order chi connectivity index (χ0) is 18.6. The number of nitrogens with one attached hydrogen (secondary N) is 2. The Labute approximate surface area is 160 Å². The van der Waals surface area contributed by atoms with Crippen molar-refractivity contribution < 1.29 is 19.1 Å². The maximum absolute atomic E-state index is 14.5. The average Bonchev–Trinajstić information content (AvgIpc) is 2.61. The van der Waals surface area contributed by atoms with E-state index in [0.29, 0.717) is 29.6 Å². The van der Waals surface area contributed by atoms with E-state index < -0.39 is 17.4 Å². The second-order valence-electron chi connectivity index (χ2n) is 6.36. The van der Waals surface area contributed by atoms with E-state index in [0.717, 1.165) is 0 Å². The van der Waals surface area contributed by atoms with Gasteiger partial charge in [0.25, 0.3) is 0 Å². The van der Waals surface area contributed by atoms with Gasteiger partial charge < -0.3 is 20.6 Å². The van der Waals surface area contributed by atoms with Gasteiger partial charge in [0, 0.05) is 18.5 Å². The van der Waals surface area contributed by atoms with E-state index in [2.05, 4.69) is 31.5 Å². The van der Waals surface area contributed by atoms with Crippen LogP contribution in [-0.4, -0.2) is 45.6 Å². The van der Waals surface area contributed by atoms with Crippen molar-refractivity contribution in [2.75, 3.05) is 23.7 Å². The maximum atomic E-state index is 14.5. The Morgan fingerprint density at radius 2 is 2.12 bits per heavy atom. The largest absolute Gasteiger partial charge is 0.465 e. The van der Waals surface area contributed by atoms with E-state index in [1.165, 1.54) is 11.1 Å². The van der Waals surface area contributed by atoms with Gasteiger partial charge in [-0.1, -0.05) is 11.6 Å². The van der Waals surface area contributed by atoms with Crippen LogP contribution in [0, 0.1) is 5.82 Å². The summed E-state index contributed by atoms with van der Waals surface area (Å²) >= 11 is 9.19. The summed E-state index contributed by atoms with van der Waals surface area (Å²) in [5, 5.41) is 15.8. The van der Waals surface area contributed by atoms with Crippen molar-refractivity contribution in [3.63, 3.8) is 0 Å². The van der Waals surface area contributed by atoms with Crippen LogP contribution < -0.4 is 10.6 Å². The summed E-state index contributed by atoms with van der Waals surface area (Å²) in [5.41, 5.74) is 0.142. The molecule has 1 saturated heterocycles. The van der Waals surface area contributed by atoms with Gasteiger partial charge in [-0.05, 0) is 34.8 Å². The van der Waals surface area contributed by atoms with Crippen molar-refractivity contribution in [1.29, 1.82) is 0 Å². The number of halogens is 3. The minimum Gasteiger partial charge on any atom is -0.465 e. The lowest BCUT2D eigenvalue weighted by Crippen LogP contribution is -2.59. The first-order valence-corrected chi connectivity index (χ1v) is 9.03. The third-order valence-corrected chi connectivity index (χ3v) is 6.23. The molecule has 2 amide bonds. The van der Waals surface area contributed by atoms with Gasteiger partial charge >= 0.3 is 6.09 Å². The number of aromatic nitrogens is 1. The van der Waals surface area contributed by atoms with Gasteiger partial charge in [-0.3, -0.25) is 9.78 Å². The van der Waals surface area contributed by atoms with Crippen molar-refractivity contribution in [2.24, 2.45) is 0 Å². The highest BCUT2D eigenvalue weighted by molar-refractivity contribution is 9.10. The highest BCUT2D eigenvalue weighted by Crippen LogP contribution is 2.42. The van der Waals surface area contributed by atoms with Crippen LogP contribution in [0.25, 0.3) is 10.9 Å². The molecule has 0 radical (unpaired) electrons. The minimum absolute atomic E-state index is 0.127. The molecule has 2 aliphatic heterocycles. The highest BCUT2D eigenvalue weighted by atomic mass is 79.9. The molecule has 10 heteroatoms. The fourth-order valence-electron chi connectivity index (χ4n) is 3.44. The number of fused-ring (bicyclic) bond motifs is 3. The number of likely N-dealkylation sites (tertiary alicyclic amines) is 1. The Bertz CT molecular complexity index is 962. The first-order chi connectivity index (χ1) is 12.3. The molecule has 1 fully saturated rings. The molecule has 3 N–H and O–H groups in total. The van der Waals surface area contributed by atoms with E-state index in [1.807, 2.05) is 0 Å². The van der Waals surface area contributed by atoms with Gasteiger partial charge in [-0.25, -0.2) is 9.18 Å². The molecule has 0 atom stereocenters. The Balaban J connectivity index is 1.80. The number of benzene rings is 1. The van der Waals surface area contributed by atoms with Crippen LogP contribution in [-0.2, 0) is 4.79 Å². The van der Waals surface area contributed by atoms with Crippen molar-refractivity contribution in [3.05, 3.63) is 27.6 Å². The molecule has 26 heavy (non-hydrogen) atoms. The molecule has 7 nitrogen and oxygen atoms in total. The van der Waals surface area contributed by atoms with Crippen molar-refractivity contribution >= 4 is 61.8 Å². The molecule has 4 rings (SSSR count). The topological polar surface area (TPSA) is 94.6 Å². The molecule has 136 valence electrons. The number of rotatable bonds is 0. The number of amides is 2. The van der Waals surface area contributed by atoms with Gasteiger partial charge in [0.15, 0.2) is 5.82 Å². The summed E-state index contributed by atoms with van der Waals surface area (Å²) in [6.45, 7) is 0.462. The van der Waals surface area contributed by atoms with E-state index in [9.17, 15) is 14.0 Å². The van der Waals surface area contributed by atoms with Gasteiger partial charge in [0.1, 0.15) is 11.1 Å². The number of anilines is 2. The Morgan fingerprint density at radius 1 is 1.42 bits per heavy atom. The Hall–Kier alpha value is -2.13. The third-order valence-electron chi connectivity index (χ3n) is 4.93. The summed E-state index contributed by atoms with van der Waals surface area (Å²) in [4.78, 5) is 29.1. The summed E-state index contributed by atoms with van der Waals surface area (Å²) in [5.74, 6) is -0.830. The van der Waals surface area contributed by atoms with Crippen molar-refractivity contribution in [1.82, 2.24) is 9.88 Å². The molecule has 1 aromatic carbocycles. The SMILES string of the molecule is O=C(O)N1CCC2(CC1)Nc1c(cnc3c(F)c(Br)c(Cl)cc13)NC2=O. The van der Waals surface area contributed by atoms with Crippen LogP contribution in [0.2, 0.25) is 5.02 Å². The predicted molar refractivity (Wildman–Crippen MR) is 98.2 cm³/mol. The molecule has 1 aromatic heterocycles. The number of pyridine rings is 1. The summed E-state index contributed by atoms with van der Waals surface area (Å²) in [6, 6.07) is 1.58. The van der Waals surface area contributed by atoms with Crippen LogP contribution in [0.4, 0.5) is 20.6 Å². The lowest BCUT2D eigenvalue weighted by Gasteiger charge is -2.43. The van der Waals surface area contributed by atoms with Crippen molar-refractivity contribution in [3.8, 4) is 0 Å². The molecule has 3 heterocycles. The van der Waals surface area contributed by atoms with Crippen LogP contribution >= 0.6 is 27.5 Å². The first kappa shape index (κ1) is 17.3. The molecule has 1 spiro atoms. The number of carboxylic acid groups (broad SMARTS) is 1. The molecule has 2 aromatic rings. The van der Waals surface area contributed by atoms with Gasteiger partial charge in [-0.15, -0.1) is 0 Å². The number of carbonyl (C=O) groups is 2. The molecular formula is C16H13BrClFN4O3. The van der Waals surface area contributed by atoms with Crippen LogP contribution in [0.15, 0.2) is 16.7 Å². The second kappa shape index (κ2) is 5.95. The quantitative estimate of drug-likeness (QED) is 0.540. The number of nitrogens with zero attached hydrogens (tertiary/aromatic N) is 2. The average molecular weight is 444 g/mol. The minimum atomic E-state index is -1.01. The van der Waals surface area contributed by atoms with E-state index in [4.69, 9.17) is 16.7 Å². The second-order valence-corrected chi connectivity index (χ2v) is 7.56. The Morgan fingerprint density at radius 3 is 2.77 bits per heavy atom. The smallest absolute Gasteiger partial charge is 0.407 e. The van der Waals surface area contributed by atoms with E-state index >= 15 is 0 Å². The number of hydrogen-bond donors (Lipinski definition) is 3. The monoisotopic (exact) mass is 442 g/mol. The fraction of sp³-hybridized carbons (Fsp3) is 0.312. The van der Waals surface area contributed by atoms with Gasteiger partial charge in [0.05, 0.1) is 27.1 Å². The fourth-order valence-corrected chi connectivity index (χ4v) is 3.93.